The first kappa shape index (κ1) is 20.4. The number of nitrogens with zero attached hydrogens (tertiary/aromatic N) is 3. The van der Waals surface area contributed by atoms with E-state index in [-0.39, 0.29) is 12.5 Å². The van der Waals surface area contributed by atoms with Gasteiger partial charge < -0.3 is 18.9 Å². The van der Waals surface area contributed by atoms with Crippen molar-refractivity contribution in [1.29, 1.82) is 0 Å². The summed E-state index contributed by atoms with van der Waals surface area (Å²) in [5, 5.41) is 4.04. The molecule has 1 aromatic heterocycles. The predicted molar refractivity (Wildman–Crippen MR) is 109 cm³/mol. The van der Waals surface area contributed by atoms with Gasteiger partial charge in [-0.25, -0.2) is 0 Å². The predicted octanol–water partition coefficient (Wildman–Crippen LogP) is 4.03. The quantitative estimate of drug-likeness (QED) is 0.601. The van der Waals surface area contributed by atoms with E-state index >= 15 is 0 Å². The minimum atomic E-state index is -0.0681. The lowest BCUT2D eigenvalue weighted by Crippen LogP contribution is -2.30. The average molecular weight is 395 g/mol. The monoisotopic (exact) mass is 395 g/mol. The van der Waals surface area contributed by atoms with E-state index in [2.05, 4.69) is 10.1 Å². The molecule has 0 N–H and O–H groups in total. The van der Waals surface area contributed by atoms with Crippen molar-refractivity contribution >= 4 is 5.91 Å². The second-order valence-corrected chi connectivity index (χ2v) is 6.70. The number of ether oxygens (including phenoxy) is 2. The van der Waals surface area contributed by atoms with E-state index in [0.29, 0.717) is 35.3 Å². The van der Waals surface area contributed by atoms with Crippen molar-refractivity contribution in [3.63, 3.8) is 0 Å². The Morgan fingerprint density at radius 1 is 1.03 bits per heavy atom. The maximum absolute atomic E-state index is 12.9. The first-order valence-corrected chi connectivity index (χ1v) is 9.38. The van der Waals surface area contributed by atoms with Crippen LogP contribution in [0.4, 0.5) is 0 Å². The number of amides is 1. The van der Waals surface area contributed by atoms with Crippen molar-refractivity contribution < 1.29 is 18.8 Å². The molecule has 0 radical (unpaired) electrons. The van der Waals surface area contributed by atoms with Crippen LogP contribution >= 0.6 is 0 Å². The highest BCUT2D eigenvalue weighted by Crippen LogP contribution is 2.31. The van der Waals surface area contributed by atoms with Gasteiger partial charge in [-0.3, -0.25) is 4.79 Å². The number of hydrogen-bond acceptors (Lipinski definition) is 6. The summed E-state index contributed by atoms with van der Waals surface area (Å²) >= 11 is 0. The van der Waals surface area contributed by atoms with E-state index in [1.165, 1.54) is 0 Å². The summed E-state index contributed by atoms with van der Waals surface area (Å²) in [6, 6.07) is 11.1. The molecule has 7 heteroatoms. The fourth-order valence-corrected chi connectivity index (χ4v) is 2.96. The van der Waals surface area contributed by atoms with Crippen molar-refractivity contribution in [3.8, 4) is 22.9 Å². The molecular weight excluding hydrogens is 370 g/mol. The molecule has 1 amide bonds. The van der Waals surface area contributed by atoms with Gasteiger partial charge in [-0.05, 0) is 62.2 Å². The number of carbonyl (C=O) groups is 1. The molecular formula is C22H25N3O4. The van der Waals surface area contributed by atoms with Crippen molar-refractivity contribution in [2.45, 2.75) is 27.3 Å². The third-order valence-electron chi connectivity index (χ3n) is 4.86. The molecule has 0 spiro atoms. The molecule has 3 rings (SSSR count). The molecule has 0 aliphatic heterocycles. The third kappa shape index (κ3) is 4.39. The molecule has 0 fully saturated rings. The van der Waals surface area contributed by atoms with Gasteiger partial charge in [0.05, 0.1) is 14.2 Å². The maximum Gasteiger partial charge on any atom is 0.254 e. The summed E-state index contributed by atoms with van der Waals surface area (Å²) < 4.78 is 16.0. The van der Waals surface area contributed by atoms with Crippen molar-refractivity contribution in [1.82, 2.24) is 15.0 Å². The van der Waals surface area contributed by atoms with E-state index in [9.17, 15) is 4.79 Å². The number of carbonyl (C=O) groups excluding carboxylic acids is 1. The molecule has 3 aromatic rings. The Balaban J connectivity index is 1.79. The summed E-state index contributed by atoms with van der Waals surface area (Å²) in [7, 11) is 3.15. The van der Waals surface area contributed by atoms with Crippen LogP contribution in [-0.4, -0.2) is 41.7 Å². The minimum absolute atomic E-state index is 0.0681. The Hall–Kier alpha value is -3.35. The van der Waals surface area contributed by atoms with Gasteiger partial charge in [-0.1, -0.05) is 11.2 Å². The zero-order valence-corrected chi connectivity index (χ0v) is 17.4. The Morgan fingerprint density at radius 3 is 2.45 bits per heavy atom. The van der Waals surface area contributed by atoms with Gasteiger partial charge in [0.1, 0.15) is 6.54 Å². The number of hydrogen-bond donors (Lipinski definition) is 0. The largest absolute Gasteiger partial charge is 0.493 e. The summed E-state index contributed by atoms with van der Waals surface area (Å²) in [6.07, 6.45) is 0. The third-order valence-corrected chi connectivity index (χ3v) is 4.86. The van der Waals surface area contributed by atoms with Crippen LogP contribution < -0.4 is 9.47 Å². The van der Waals surface area contributed by atoms with Crippen LogP contribution in [0.25, 0.3) is 11.4 Å². The lowest BCUT2D eigenvalue weighted by Gasteiger charge is -2.19. The van der Waals surface area contributed by atoms with Gasteiger partial charge in [0.15, 0.2) is 11.5 Å². The molecule has 29 heavy (non-hydrogen) atoms. The second-order valence-electron chi connectivity index (χ2n) is 6.70. The van der Waals surface area contributed by atoms with Gasteiger partial charge in [0.2, 0.25) is 11.7 Å². The van der Waals surface area contributed by atoms with Crippen LogP contribution in [0, 0.1) is 13.8 Å². The lowest BCUT2D eigenvalue weighted by molar-refractivity contribution is 0.0734. The Morgan fingerprint density at radius 2 is 1.79 bits per heavy atom. The molecule has 0 saturated heterocycles. The molecule has 0 saturated carbocycles. The zero-order chi connectivity index (χ0) is 21.0. The van der Waals surface area contributed by atoms with Gasteiger partial charge in [0.25, 0.3) is 5.91 Å². The van der Waals surface area contributed by atoms with E-state index in [4.69, 9.17) is 14.0 Å². The molecule has 2 aromatic carbocycles. The van der Waals surface area contributed by atoms with Crippen molar-refractivity contribution in [2.75, 3.05) is 20.8 Å². The molecule has 0 aliphatic carbocycles. The maximum atomic E-state index is 12.9. The highest BCUT2D eigenvalue weighted by atomic mass is 16.5. The normalized spacial score (nSPS) is 10.7. The van der Waals surface area contributed by atoms with E-state index in [1.54, 1.807) is 31.3 Å². The van der Waals surface area contributed by atoms with Crippen LogP contribution in [-0.2, 0) is 6.54 Å². The highest BCUT2D eigenvalue weighted by molar-refractivity contribution is 5.94. The van der Waals surface area contributed by atoms with Crippen molar-refractivity contribution in [3.05, 3.63) is 59.0 Å². The van der Waals surface area contributed by atoms with Crippen LogP contribution in [0.2, 0.25) is 0 Å². The summed E-state index contributed by atoms with van der Waals surface area (Å²) in [6.45, 7) is 6.71. The fourth-order valence-electron chi connectivity index (χ4n) is 2.96. The fraction of sp³-hybridized carbons (Fsp3) is 0.318. The Bertz CT molecular complexity index is 1010. The lowest BCUT2D eigenvalue weighted by atomic mass is 10.1. The van der Waals surface area contributed by atoms with Crippen LogP contribution in [0.1, 0.15) is 34.3 Å². The van der Waals surface area contributed by atoms with Gasteiger partial charge in [-0.2, -0.15) is 4.98 Å². The molecule has 7 nitrogen and oxygen atoms in total. The number of methoxy groups -OCH3 is 2. The molecule has 0 bridgehead atoms. The minimum Gasteiger partial charge on any atom is -0.493 e. The zero-order valence-electron chi connectivity index (χ0n) is 17.4. The summed E-state index contributed by atoms with van der Waals surface area (Å²) in [5.41, 5.74) is 3.62. The molecule has 152 valence electrons. The molecule has 0 aliphatic rings. The molecule has 1 heterocycles. The van der Waals surface area contributed by atoms with Crippen molar-refractivity contribution in [2.24, 2.45) is 0 Å². The topological polar surface area (TPSA) is 77.7 Å². The number of aryl methyl sites for hydroxylation is 2. The molecule has 0 unspecified atom stereocenters. The van der Waals surface area contributed by atoms with E-state index in [1.807, 2.05) is 45.0 Å². The SMILES string of the molecule is CCN(Cc1nc(-c2ccc(OC)c(OC)c2)no1)C(=O)c1ccc(C)c(C)c1. The average Bonchev–Trinajstić information content (AvgIpc) is 3.21. The number of rotatable bonds is 7. The number of benzene rings is 2. The van der Waals surface area contributed by atoms with Gasteiger partial charge in [-0.15, -0.1) is 0 Å². The number of aromatic nitrogens is 2. The Labute approximate surface area is 170 Å². The van der Waals surface area contributed by atoms with E-state index < -0.39 is 0 Å². The van der Waals surface area contributed by atoms with E-state index in [0.717, 1.165) is 16.7 Å². The first-order chi connectivity index (χ1) is 14.0. The molecule has 0 atom stereocenters. The summed E-state index contributed by atoms with van der Waals surface area (Å²) in [4.78, 5) is 19.0. The standard InChI is InChI=1S/C22H25N3O4/c1-6-25(22(26)17-8-7-14(2)15(3)11-17)13-20-23-21(24-29-20)16-9-10-18(27-4)19(12-16)28-5/h7-12H,6,13H2,1-5H3. The highest BCUT2D eigenvalue weighted by Gasteiger charge is 2.19. The Kier molecular flexibility index (Phi) is 6.16. The van der Waals surface area contributed by atoms with Gasteiger partial charge in [0, 0.05) is 17.7 Å². The summed E-state index contributed by atoms with van der Waals surface area (Å²) in [5.74, 6) is 1.93. The van der Waals surface area contributed by atoms with Crippen LogP contribution in [0.5, 0.6) is 11.5 Å². The smallest absolute Gasteiger partial charge is 0.254 e. The first-order valence-electron chi connectivity index (χ1n) is 9.38. The second kappa shape index (κ2) is 8.77. The van der Waals surface area contributed by atoms with Crippen LogP contribution in [0.15, 0.2) is 40.9 Å². The van der Waals surface area contributed by atoms with Crippen LogP contribution in [0.3, 0.4) is 0 Å². The van der Waals surface area contributed by atoms with Gasteiger partial charge >= 0.3 is 0 Å².